The lowest BCUT2D eigenvalue weighted by Gasteiger charge is -2.20. The molecule has 2 aromatic rings. The standard InChI is InChI=1S/C17H20NO7P/c1-17(2,3)11-4-7-13(8-5-11)25-15-9-6-12(18(20)21)10-14(15)16(19)26(22,23)24/h4-10,16,19H,1-3H3,(H2,22,23,24). The summed E-state index contributed by atoms with van der Waals surface area (Å²) in [6.45, 7) is 6.15. The molecule has 0 radical (unpaired) electrons. The third-order valence-electron chi connectivity index (χ3n) is 3.75. The van der Waals surface area contributed by atoms with E-state index in [9.17, 15) is 29.6 Å². The third kappa shape index (κ3) is 4.68. The molecule has 140 valence electrons. The summed E-state index contributed by atoms with van der Waals surface area (Å²) in [5, 5.41) is 20.8. The van der Waals surface area contributed by atoms with Crippen LogP contribution < -0.4 is 4.74 Å². The van der Waals surface area contributed by atoms with Gasteiger partial charge in [0.1, 0.15) is 11.5 Å². The second kappa shape index (κ2) is 7.17. The van der Waals surface area contributed by atoms with E-state index < -0.39 is 24.1 Å². The van der Waals surface area contributed by atoms with Crippen LogP contribution in [0, 0.1) is 10.1 Å². The summed E-state index contributed by atoms with van der Waals surface area (Å²) < 4.78 is 17.0. The molecule has 9 heteroatoms. The smallest absolute Gasteiger partial charge is 0.358 e. The lowest BCUT2D eigenvalue weighted by Crippen LogP contribution is -2.10. The lowest BCUT2D eigenvalue weighted by atomic mass is 9.87. The molecule has 0 bridgehead atoms. The van der Waals surface area contributed by atoms with Gasteiger partial charge in [-0.3, -0.25) is 14.7 Å². The highest BCUT2D eigenvalue weighted by molar-refractivity contribution is 7.51. The van der Waals surface area contributed by atoms with Crippen molar-refractivity contribution in [1.29, 1.82) is 0 Å². The second-order valence-corrected chi connectivity index (χ2v) is 8.49. The Morgan fingerprint density at radius 3 is 2.15 bits per heavy atom. The van der Waals surface area contributed by atoms with Crippen molar-refractivity contribution in [3.05, 3.63) is 63.7 Å². The number of nitrogens with zero attached hydrogens (tertiary/aromatic N) is 1. The molecule has 2 aromatic carbocycles. The Bertz CT molecular complexity index is 852. The zero-order chi connectivity index (χ0) is 19.7. The zero-order valence-electron chi connectivity index (χ0n) is 14.5. The Morgan fingerprint density at radius 2 is 1.69 bits per heavy atom. The number of rotatable bonds is 5. The Balaban J connectivity index is 2.42. The first-order chi connectivity index (χ1) is 11.9. The molecule has 0 amide bonds. The molecule has 3 N–H and O–H groups in total. The molecule has 26 heavy (non-hydrogen) atoms. The van der Waals surface area contributed by atoms with Crippen LogP contribution in [0.4, 0.5) is 5.69 Å². The molecular formula is C17H20NO7P. The SMILES string of the molecule is CC(C)(C)c1ccc(Oc2ccc([N+](=O)[O-])cc2C(O)P(=O)(O)O)cc1. The van der Waals surface area contributed by atoms with Crippen LogP contribution >= 0.6 is 7.60 Å². The lowest BCUT2D eigenvalue weighted by molar-refractivity contribution is -0.385. The van der Waals surface area contributed by atoms with Crippen LogP contribution in [0.25, 0.3) is 0 Å². The summed E-state index contributed by atoms with van der Waals surface area (Å²) >= 11 is 0. The molecule has 2 rings (SSSR count). The van der Waals surface area contributed by atoms with E-state index >= 15 is 0 Å². The van der Waals surface area contributed by atoms with Gasteiger partial charge >= 0.3 is 7.60 Å². The van der Waals surface area contributed by atoms with Gasteiger partial charge in [-0.1, -0.05) is 32.9 Å². The topological polar surface area (TPSA) is 130 Å². The first-order valence-electron chi connectivity index (χ1n) is 7.69. The number of nitro groups is 1. The van der Waals surface area contributed by atoms with Gasteiger partial charge in [-0.2, -0.15) is 0 Å². The zero-order valence-corrected chi connectivity index (χ0v) is 15.4. The molecule has 0 saturated carbocycles. The van der Waals surface area contributed by atoms with Crippen molar-refractivity contribution >= 4 is 13.3 Å². The summed E-state index contributed by atoms with van der Waals surface area (Å²) in [6.07, 6.45) is 0. The van der Waals surface area contributed by atoms with Crippen LogP contribution in [0.5, 0.6) is 11.5 Å². The molecule has 0 aliphatic carbocycles. The van der Waals surface area contributed by atoms with E-state index in [1.807, 2.05) is 32.9 Å². The Morgan fingerprint density at radius 1 is 1.12 bits per heavy atom. The average molecular weight is 381 g/mol. The van der Waals surface area contributed by atoms with Gasteiger partial charge in [0, 0.05) is 17.7 Å². The van der Waals surface area contributed by atoms with Crippen molar-refractivity contribution in [3.63, 3.8) is 0 Å². The number of aliphatic hydroxyl groups excluding tert-OH is 1. The molecule has 1 atom stereocenters. The van der Waals surface area contributed by atoms with Crippen molar-refractivity contribution in [2.24, 2.45) is 0 Å². The van der Waals surface area contributed by atoms with Crippen molar-refractivity contribution in [2.45, 2.75) is 32.0 Å². The van der Waals surface area contributed by atoms with Crippen LogP contribution in [-0.4, -0.2) is 19.8 Å². The Hall–Kier alpha value is -2.25. The molecular weight excluding hydrogens is 361 g/mol. The van der Waals surface area contributed by atoms with Gasteiger partial charge in [-0.05, 0) is 29.2 Å². The molecule has 0 spiro atoms. The first kappa shape index (κ1) is 20.1. The van der Waals surface area contributed by atoms with Crippen molar-refractivity contribution < 1.29 is 29.1 Å². The van der Waals surface area contributed by atoms with Crippen molar-refractivity contribution in [2.75, 3.05) is 0 Å². The van der Waals surface area contributed by atoms with Crippen molar-refractivity contribution in [3.8, 4) is 11.5 Å². The Kier molecular flexibility index (Phi) is 5.53. The maximum Gasteiger partial charge on any atom is 0.358 e. The molecule has 0 aliphatic rings. The highest BCUT2D eigenvalue weighted by Crippen LogP contribution is 2.52. The number of hydrogen-bond acceptors (Lipinski definition) is 5. The maximum absolute atomic E-state index is 11.4. The van der Waals surface area contributed by atoms with E-state index in [2.05, 4.69) is 0 Å². The highest BCUT2D eigenvalue weighted by atomic mass is 31.2. The van der Waals surface area contributed by atoms with Gasteiger partial charge < -0.3 is 19.6 Å². The minimum absolute atomic E-state index is 0.0618. The van der Waals surface area contributed by atoms with Crippen LogP contribution in [0.1, 0.15) is 37.7 Å². The van der Waals surface area contributed by atoms with E-state index in [1.54, 1.807) is 12.1 Å². The largest absolute Gasteiger partial charge is 0.457 e. The Labute approximate surface area is 150 Å². The number of ether oxygens (including phenoxy) is 1. The number of hydrogen-bond donors (Lipinski definition) is 3. The summed E-state index contributed by atoms with van der Waals surface area (Å²) in [5.74, 6) is -1.94. The average Bonchev–Trinajstić information content (AvgIpc) is 2.53. The number of nitro benzene ring substituents is 1. The van der Waals surface area contributed by atoms with Crippen LogP contribution in [0.2, 0.25) is 0 Å². The summed E-state index contributed by atoms with van der Waals surface area (Å²) in [7, 11) is -4.94. The van der Waals surface area contributed by atoms with Gasteiger partial charge in [-0.25, -0.2) is 0 Å². The van der Waals surface area contributed by atoms with E-state index in [1.165, 1.54) is 6.07 Å². The minimum atomic E-state index is -4.94. The normalized spacial score (nSPS) is 13.3. The number of aliphatic hydroxyl groups is 1. The molecule has 0 aliphatic heterocycles. The fraction of sp³-hybridized carbons (Fsp3) is 0.294. The van der Waals surface area contributed by atoms with Gasteiger partial charge in [-0.15, -0.1) is 0 Å². The molecule has 0 fully saturated rings. The molecule has 1 unspecified atom stereocenters. The van der Waals surface area contributed by atoms with Gasteiger partial charge in [0.15, 0.2) is 5.85 Å². The summed E-state index contributed by atoms with van der Waals surface area (Å²) in [6, 6.07) is 10.3. The predicted octanol–water partition coefficient (Wildman–Crippen LogP) is 3.85. The summed E-state index contributed by atoms with van der Waals surface area (Å²) in [4.78, 5) is 28.6. The molecule has 0 heterocycles. The quantitative estimate of drug-likeness (QED) is 0.407. The van der Waals surface area contributed by atoms with Gasteiger partial charge in [0.25, 0.3) is 5.69 Å². The van der Waals surface area contributed by atoms with Crippen LogP contribution in [0.3, 0.4) is 0 Å². The number of benzene rings is 2. The minimum Gasteiger partial charge on any atom is -0.457 e. The van der Waals surface area contributed by atoms with E-state index in [4.69, 9.17) is 4.74 Å². The molecule has 0 saturated heterocycles. The predicted molar refractivity (Wildman–Crippen MR) is 95.3 cm³/mol. The van der Waals surface area contributed by atoms with Crippen LogP contribution in [0.15, 0.2) is 42.5 Å². The van der Waals surface area contributed by atoms with E-state index in [-0.39, 0.29) is 16.7 Å². The number of non-ortho nitro benzene ring substituents is 1. The third-order valence-corrected chi connectivity index (χ3v) is 4.66. The first-order valence-corrected chi connectivity index (χ1v) is 9.38. The van der Waals surface area contributed by atoms with Gasteiger partial charge in [0.2, 0.25) is 0 Å². The maximum atomic E-state index is 11.4. The molecule has 0 aromatic heterocycles. The van der Waals surface area contributed by atoms with Crippen LogP contribution in [-0.2, 0) is 9.98 Å². The fourth-order valence-electron chi connectivity index (χ4n) is 2.28. The van der Waals surface area contributed by atoms with Crippen molar-refractivity contribution in [1.82, 2.24) is 0 Å². The van der Waals surface area contributed by atoms with Gasteiger partial charge in [0.05, 0.1) is 4.92 Å². The van der Waals surface area contributed by atoms with E-state index in [0.717, 1.165) is 17.7 Å². The monoisotopic (exact) mass is 381 g/mol. The highest BCUT2D eigenvalue weighted by Gasteiger charge is 2.32. The van der Waals surface area contributed by atoms with E-state index in [0.29, 0.717) is 5.75 Å². The fourth-order valence-corrected chi connectivity index (χ4v) is 2.84. The molecule has 8 nitrogen and oxygen atoms in total. The second-order valence-electron chi connectivity index (χ2n) is 6.82. The summed E-state index contributed by atoms with van der Waals surface area (Å²) in [5.41, 5.74) is 0.229.